The number of likely N-dealkylation sites (tertiary alicyclic amines) is 2. The summed E-state index contributed by atoms with van der Waals surface area (Å²) in [6, 6.07) is 8.98. The van der Waals surface area contributed by atoms with Crippen LogP contribution in [0.2, 0.25) is 0 Å². The van der Waals surface area contributed by atoms with Crippen molar-refractivity contribution < 1.29 is 23.9 Å². The molecule has 0 bridgehead atoms. The predicted octanol–water partition coefficient (Wildman–Crippen LogP) is 1.07. The van der Waals surface area contributed by atoms with Crippen molar-refractivity contribution in [3.63, 3.8) is 0 Å². The van der Waals surface area contributed by atoms with Gasteiger partial charge in [-0.1, -0.05) is 42.5 Å². The highest BCUT2D eigenvalue weighted by molar-refractivity contribution is 6.06. The maximum atomic E-state index is 12.6. The Hall–Kier alpha value is -3.16. The molecule has 8 heteroatoms. The number of ether oxygens (including phenoxy) is 1. The molecule has 1 aliphatic carbocycles. The van der Waals surface area contributed by atoms with Crippen LogP contribution in [0.1, 0.15) is 18.4 Å². The van der Waals surface area contributed by atoms with E-state index in [4.69, 9.17) is 4.74 Å². The molecule has 2 atom stereocenters. The summed E-state index contributed by atoms with van der Waals surface area (Å²) in [7, 11) is 0. The van der Waals surface area contributed by atoms with Crippen LogP contribution >= 0.6 is 0 Å². The Kier molecular flexibility index (Phi) is 5.33. The van der Waals surface area contributed by atoms with Crippen molar-refractivity contribution in [2.45, 2.75) is 25.5 Å². The molecule has 4 rings (SSSR count). The minimum absolute atomic E-state index is 0.121. The van der Waals surface area contributed by atoms with Gasteiger partial charge in [-0.3, -0.25) is 19.3 Å². The van der Waals surface area contributed by atoms with Gasteiger partial charge in [0.25, 0.3) is 0 Å². The van der Waals surface area contributed by atoms with E-state index in [0.717, 1.165) is 5.56 Å². The smallest absolute Gasteiger partial charge is 0.407 e. The maximum absolute atomic E-state index is 12.6. The first-order chi connectivity index (χ1) is 14.0. The highest BCUT2D eigenvalue weighted by Crippen LogP contribution is 2.37. The number of allylic oxidation sites excluding steroid dienone is 2. The quantitative estimate of drug-likeness (QED) is 0.592. The van der Waals surface area contributed by atoms with E-state index in [0.29, 0.717) is 25.9 Å². The number of fused-ring (bicyclic) bond motifs is 1. The first-order valence-electron chi connectivity index (χ1n) is 9.79. The van der Waals surface area contributed by atoms with Gasteiger partial charge in [-0.15, -0.1) is 0 Å². The SMILES string of the molecule is O=C(NCC(=O)N1CC(N2C(=O)C3CC=CCC3C2=O)C1)OCc1ccccc1. The Morgan fingerprint density at radius 2 is 1.62 bits per heavy atom. The molecule has 0 radical (unpaired) electrons. The molecule has 29 heavy (non-hydrogen) atoms. The first-order valence-corrected chi connectivity index (χ1v) is 9.79. The van der Waals surface area contributed by atoms with Crippen LogP contribution in [-0.2, 0) is 25.7 Å². The fraction of sp³-hybridized carbons (Fsp3) is 0.429. The minimum atomic E-state index is -0.666. The molecule has 1 N–H and O–H groups in total. The van der Waals surface area contributed by atoms with Crippen LogP contribution < -0.4 is 5.32 Å². The molecule has 152 valence electrons. The number of carbonyl (C=O) groups is 4. The van der Waals surface area contributed by atoms with Crippen LogP contribution in [-0.4, -0.2) is 59.3 Å². The van der Waals surface area contributed by atoms with Gasteiger partial charge in [0.2, 0.25) is 17.7 Å². The number of hydrogen-bond acceptors (Lipinski definition) is 5. The topological polar surface area (TPSA) is 96.0 Å². The van der Waals surface area contributed by atoms with Gasteiger partial charge in [0.05, 0.1) is 17.9 Å². The van der Waals surface area contributed by atoms with Crippen molar-refractivity contribution in [2.75, 3.05) is 19.6 Å². The lowest BCUT2D eigenvalue weighted by molar-refractivity contribution is -0.152. The van der Waals surface area contributed by atoms with E-state index in [-0.39, 0.29) is 48.8 Å². The summed E-state index contributed by atoms with van der Waals surface area (Å²) < 4.78 is 5.07. The lowest BCUT2D eigenvalue weighted by atomic mass is 9.85. The normalized spacial score (nSPS) is 23.6. The Balaban J connectivity index is 1.20. The number of nitrogens with one attached hydrogen (secondary N) is 1. The van der Waals surface area contributed by atoms with Gasteiger partial charge in [-0.25, -0.2) is 4.79 Å². The standard InChI is InChI=1S/C21H23N3O5/c25-18(10-22-21(28)29-13-14-6-2-1-3-7-14)23-11-15(12-23)24-19(26)16-8-4-5-9-17(16)20(24)27/h1-7,15-17H,8-13H2,(H,22,28). The number of carbonyl (C=O) groups excluding carboxylic acids is 4. The lowest BCUT2D eigenvalue weighted by Gasteiger charge is -2.43. The van der Waals surface area contributed by atoms with Gasteiger partial charge in [0.15, 0.2) is 0 Å². The van der Waals surface area contributed by atoms with Crippen LogP contribution in [0.5, 0.6) is 0 Å². The largest absolute Gasteiger partial charge is 0.445 e. The molecule has 2 aliphatic heterocycles. The van der Waals surface area contributed by atoms with Crippen LogP contribution in [0.15, 0.2) is 42.5 Å². The van der Waals surface area contributed by atoms with E-state index in [1.54, 1.807) is 0 Å². The molecule has 2 unspecified atom stereocenters. The Bertz CT molecular complexity index is 821. The van der Waals surface area contributed by atoms with Gasteiger partial charge in [0.1, 0.15) is 13.2 Å². The second-order valence-corrected chi connectivity index (χ2v) is 7.57. The zero-order chi connectivity index (χ0) is 20.4. The summed E-state index contributed by atoms with van der Waals surface area (Å²) in [6.07, 6.45) is 4.46. The number of rotatable bonds is 5. The zero-order valence-electron chi connectivity index (χ0n) is 16.0. The summed E-state index contributed by atoms with van der Waals surface area (Å²) in [5, 5.41) is 2.44. The average molecular weight is 397 g/mol. The zero-order valence-corrected chi connectivity index (χ0v) is 16.0. The van der Waals surface area contributed by atoms with Crippen LogP contribution in [0.4, 0.5) is 4.79 Å². The molecule has 2 saturated heterocycles. The molecule has 4 amide bonds. The van der Waals surface area contributed by atoms with Crippen LogP contribution in [0, 0.1) is 11.8 Å². The van der Waals surface area contributed by atoms with E-state index in [1.165, 1.54) is 9.80 Å². The summed E-state index contributed by atoms with van der Waals surface area (Å²) in [4.78, 5) is 52.0. The molecule has 0 saturated carbocycles. The van der Waals surface area contributed by atoms with E-state index < -0.39 is 6.09 Å². The number of alkyl carbamates (subject to hydrolysis) is 1. The molecule has 0 spiro atoms. The lowest BCUT2D eigenvalue weighted by Crippen LogP contribution is -2.63. The van der Waals surface area contributed by atoms with Crippen molar-refractivity contribution in [1.29, 1.82) is 0 Å². The Labute approximate surface area is 168 Å². The van der Waals surface area contributed by atoms with Gasteiger partial charge in [-0.2, -0.15) is 0 Å². The fourth-order valence-corrected chi connectivity index (χ4v) is 4.04. The van der Waals surface area contributed by atoms with Crippen molar-refractivity contribution in [2.24, 2.45) is 11.8 Å². The Morgan fingerprint density at radius 3 is 2.24 bits per heavy atom. The predicted molar refractivity (Wildman–Crippen MR) is 102 cm³/mol. The first kappa shape index (κ1) is 19.2. The van der Waals surface area contributed by atoms with Gasteiger partial charge in [-0.05, 0) is 18.4 Å². The summed E-state index contributed by atoms with van der Waals surface area (Å²) in [6.45, 7) is 0.564. The number of benzene rings is 1. The fourth-order valence-electron chi connectivity index (χ4n) is 4.04. The monoisotopic (exact) mass is 397 g/mol. The second kappa shape index (κ2) is 8.06. The molecule has 2 fully saturated rings. The van der Waals surface area contributed by atoms with E-state index in [1.807, 2.05) is 42.5 Å². The molecule has 8 nitrogen and oxygen atoms in total. The van der Waals surface area contributed by atoms with Gasteiger partial charge >= 0.3 is 6.09 Å². The number of nitrogens with zero attached hydrogens (tertiary/aromatic N) is 2. The summed E-state index contributed by atoms with van der Waals surface area (Å²) in [5.41, 5.74) is 0.857. The number of amides is 4. The summed E-state index contributed by atoms with van der Waals surface area (Å²) in [5.74, 6) is -1.01. The van der Waals surface area contributed by atoms with E-state index >= 15 is 0 Å². The van der Waals surface area contributed by atoms with Crippen molar-refractivity contribution in [3.8, 4) is 0 Å². The highest BCUT2D eigenvalue weighted by atomic mass is 16.5. The highest BCUT2D eigenvalue weighted by Gasteiger charge is 2.52. The molecule has 1 aromatic carbocycles. The third-order valence-corrected chi connectivity index (χ3v) is 5.72. The van der Waals surface area contributed by atoms with Crippen molar-refractivity contribution >= 4 is 23.8 Å². The van der Waals surface area contributed by atoms with Gasteiger partial charge in [0, 0.05) is 13.1 Å². The van der Waals surface area contributed by atoms with Crippen LogP contribution in [0.25, 0.3) is 0 Å². The van der Waals surface area contributed by atoms with Gasteiger partial charge < -0.3 is 15.0 Å². The maximum Gasteiger partial charge on any atom is 0.407 e. The Morgan fingerprint density at radius 1 is 1.00 bits per heavy atom. The average Bonchev–Trinajstić information content (AvgIpc) is 2.96. The number of imide groups is 1. The molecular weight excluding hydrogens is 374 g/mol. The molecular formula is C21H23N3O5. The number of hydrogen-bond donors (Lipinski definition) is 1. The van der Waals surface area contributed by atoms with Crippen molar-refractivity contribution in [1.82, 2.24) is 15.1 Å². The third-order valence-electron chi connectivity index (χ3n) is 5.72. The molecule has 3 aliphatic rings. The van der Waals surface area contributed by atoms with E-state index in [2.05, 4.69) is 5.32 Å². The van der Waals surface area contributed by atoms with E-state index in [9.17, 15) is 19.2 Å². The molecule has 1 aromatic rings. The van der Waals surface area contributed by atoms with Crippen LogP contribution in [0.3, 0.4) is 0 Å². The molecule has 2 heterocycles. The third kappa shape index (κ3) is 3.87. The van der Waals surface area contributed by atoms with Crippen molar-refractivity contribution in [3.05, 3.63) is 48.0 Å². The molecule has 0 aromatic heterocycles. The summed E-state index contributed by atoms with van der Waals surface area (Å²) >= 11 is 0. The minimum Gasteiger partial charge on any atom is -0.445 e. The second-order valence-electron chi connectivity index (χ2n) is 7.57.